The lowest BCUT2D eigenvalue weighted by Crippen LogP contribution is -2.53. The summed E-state index contributed by atoms with van der Waals surface area (Å²) in [5.74, 6) is 3.33. The topological polar surface area (TPSA) is 67.4 Å². The third kappa shape index (κ3) is 4.25. The Labute approximate surface area is 145 Å². The van der Waals surface area contributed by atoms with Crippen molar-refractivity contribution in [3.05, 3.63) is 29.3 Å². The molecule has 0 bridgehead atoms. The van der Waals surface area contributed by atoms with E-state index < -0.39 is 10.8 Å². The normalized spacial score (nSPS) is 22.4. The van der Waals surface area contributed by atoms with Gasteiger partial charge < -0.3 is 4.74 Å². The average Bonchev–Trinajstić information content (AvgIpc) is 2.54. The third-order valence-corrected chi connectivity index (χ3v) is 5.21. The third-order valence-electron chi connectivity index (χ3n) is 3.98. The van der Waals surface area contributed by atoms with Gasteiger partial charge in [0.25, 0.3) is 0 Å². The number of hydrogen-bond acceptors (Lipinski definition) is 4. The molecule has 3 atom stereocenters. The Bertz CT molecular complexity index is 721. The van der Waals surface area contributed by atoms with Crippen molar-refractivity contribution >= 4 is 22.8 Å². The molecule has 0 aliphatic carbocycles. The standard InChI is InChI=1S/C18H22N2O3S/c1-5-8-24(22)16-11-14(6-7-15(16)23-4)9-12(2)18-13(3)10-17(21)19-20-18/h1,6-7,9,11,13,18,20H,8,10H2,2-4H3,(H,19,21)/b12-9+. The zero-order valence-electron chi connectivity index (χ0n) is 14.1. The highest BCUT2D eigenvalue weighted by atomic mass is 32.2. The molecule has 0 radical (unpaired) electrons. The van der Waals surface area contributed by atoms with E-state index in [9.17, 15) is 9.00 Å². The minimum Gasteiger partial charge on any atom is -0.495 e. The monoisotopic (exact) mass is 346 g/mol. The molecule has 0 saturated carbocycles. The molecular formula is C18H22N2O3S. The summed E-state index contributed by atoms with van der Waals surface area (Å²) in [6.45, 7) is 4.04. The van der Waals surface area contributed by atoms with Crippen LogP contribution in [0.2, 0.25) is 0 Å². The number of rotatable bonds is 5. The van der Waals surface area contributed by atoms with Crippen LogP contribution in [0.15, 0.2) is 28.7 Å². The molecule has 1 aromatic rings. The minimum atomic E-state index is -1.30. The van der Waals surface area contributed by atoms with Gasteiger partial charge >= 0.3 is 0 Å². The van der Waals surface area contributed by atoms with Crippen LogP contribution < -0.4 is 15.6 Å². The van der Waals surface area contributed by atoms with E-state index >= 15 is 0 Å². The molecule has 5 nitrogen and oxygen atoms in total. The van der Waals surface area contributed by atoms with Crippen LogP contribution in [0.25, 0.3) is 6.08 Å². The lowest BCUT2D eigenvalue weighted by Gasteiger charge is -2.30. The minimum absolute atomic E-state index is 0.00275. The molecule has 3 unspecified atom stereocenters. The molecule has 1 aromatic carbocycles. The van der Waals surface area contributed by atoms with Crippen LogP contribution in [-0.2, 0) is 15.6 Å². The SMILES string of the molecule is C#CCS(=O)c1cc(/C=C(\C)C2NNC(=O)CC2C)ccc1OC. The summed E-state index contributed by atoms with van der Waals surface area (Å²) in [6, 6.07) is 5.60. The van der Waals surface area contributed by atoms with Crippen molar-refractivity contribution in [1.29, 1.82) is 0 Å². The molecule has 2 rings (SSSR count). The Morgan fingerprint density at radius 1 is 1.54 bits per heavy atom. The number of carbonyl (C=O) groups excluding carboxylic acids is 1. The first-order valence-corrected chi connectivity index (χ1v) is 9.00. The molecular weight excluding hydrogens is 324 g/mol. The van der Waals surface area contributed by atoms with E-state index in [0.29, 0.717) is 17.1 Å². The molecule has 1 heterocycles. The first-order chi connectivity index (χ1) is 11.5. The summed E-state index contributed by atoms with van der Waals surface area (Å²) in [5.41, 5.74) is 7.71. The predicted molar refractivity (Wildman–Crippen MR) is 95.6 cm³/mol. The fraction of sp³-hybridized carbons (Fsp3) is 0.389. The maximum Gasteiger partial charge on any atom is 0.234 e. The van der Waals surface area contributed by atoms with E-state index in [2.05, 4.69) is 16.8 Å². The second-order valence-electron chi connectivity index (χ2n) is 5.84. The molecule has 1 saturated heterocycles. The lowest BCUT2D eigenvalue weighted by atomic mass is 9.90. The Kier molecular flexibility index (Phi) is 6.18. The highest BCUT2D eigenvalue weighted by molar-refractivity contribution is 7.85. The first-order valence-electron chi connectivity index (χ1n) is 7.68. The Balaban J connectivity index is 2.28. The number of terminal acetylenes is 1. The predicted octanol–water partition coefficient (Wildman–Crippen LogP) is 1.87. The quantitative estimate of drug-likeness (QED) is 0.799. The van der Waals surface area contributed by atoms with Crippen LogP contribution in [0.3, 0.4) is 0 Å². The van der Waals surface area contributed by atoms with E-state index in [1.807, 2.05) is 32.1 Å². The van der Waals surface area contributed by atoms with E-state index in [-0.39, 0.29) is 23.6 Å². The van der Waals surface area contributed by atoms with E-state index in [0.717, 1.165) is 11.1 Å². The zero-order chi connectivity index (χ0) is 17.7. The maximum absolute atomic E-state index is 12.3. The van der Waals surface area contributed by atoms with Crippen molar-refractivity contribution in [1.82, 2.24) is 10.9 Å². The molecule has 1 aliphatic rings. The highest BCUT2D eigenvalue weighted by Crippen LogP contribution is 2.26. The fourth-order valence-corrected chi connectivity index (χ4v) is 3.74. The van der Waals surface area contributed by atoms with Gasteiger partial charge in [0, 0.05) is 6.42 Å². The Morgan fingerprint density at radius 2 is 2.29 bits per heavy atom. The number of amides is 1. The molecule has 0 spiro atoms. The van der Waals surface area contributed by atoms with Crippen molar-refractivity contribution in [3.63, 3.8) is 0 Å². The van der Waals surface area contributed by atoms with Crippen LogP contribution in [-0.4, -0.2) is 29.0 Å². The van der Waals surface area contributed by atoms with Gasteiger partial charge in [-0.15, -0.1) is 6.42 Å². The molecule has 128 valence electrons. The van der Waals surface area contributed by atoms with Crippen LogP contribution in [0, 0.1) is 18.3 Å². The van der Waals surface area contributed by atoms with Crippen LogP contribution >= 0.6 is 0 Å². The number of ether oxygens (including phenoxy) is 1. The van der Waals surface area contributed by atoms with E-state index in [4.69, 9.17) is 11.2 Å². The van der Waals surface area contributed by atoms with E-state index in [1.165, 1.54) is 0 Å². The second-order valence-corrected chi connectivity index (χ2v) is 7.26. The van der Waals surface area contributed by atoms with Gasteiger partial charge in [-0.1, -0.05) is 30.6 Å². The largest absolute Gasteiger partial charge is 0.495 e. The Hall–Kier alpha value is -2.10. The van der Waals surface area contributed by atoms with Crippen LogP contribution in [0.4, 0.5) is 0 Å². The summed E-state index contributed by atoms with van der Waals surface area (Å²) in [5, 5.41) is 0. The van der Waals surface area contributed by atoms with Crippen molar-refractivity contribution in [2.75, 3.05) is 12.9 Å². The molecule has 24 heavy (non-hydrogen) atoms. The van der Waals surface area contributed by atoms with Gasteiger partial charge in [0.15, 0.2) is 0 Å². The number of hydrogen-bond donors (Lipinski definition) is 2. The van der Waals surface area contributed by atoms with Crippen molar-refractivity contribution in [3.8, 4) is 18.1 Å². The van der Waals surface area contributed by atoms with Gasteiger partial charge in [0.05, 0.1) is 34.6 Å². The molecule has 1 aliphatic heterocycles. The molecule has 0 aromatic heterocycles. The van der Waals surface area contributed by atoms with E-state index in [1.54, 1.807) is 13.2 Å². The highest BCUT2D eigenvalue weighted by Gasteiger charge is 2.26. The van der Waals surface area contributed by atoms with Crippen LogP contribution in [0.1, 0.15) is 25.8 Å². The fourth-order valence-electron chi connectivity index (χ4n) is 2.79. The van der Waals surface area contributed by atoms with Gasteiger partial charge in [0.2, 0.25) is 5.91 Å². The summed E-state index contributed by atoms with van der Waals surface area (Å²) >= 11 is 0. The van der Waals surface area contributed by atoms with Crippen molar-refractivity contribution < 1.29 is 13.7 Å². The average molecular weight is 346 g/mol. The lowest BCUT2D eigenvalue weighted by molar-refractivity contribution is -0.125. The number of carbonyl (C=O) groups is 1. The number of nitrogens with one attached hydrogen (secondary N) is 2. The summed E-state index contributed by atoms with van der Waals surface area (Å²) in [7, 11) is 0.245. The molecule has 1 amide bonds. The summed E-state index contributed by atoms with van der Waals surface area (Å²) in [6.07, 6.45) is 7.77. The number of hydrazine groups is 1. The molecule has 6 heteroatoms. The van der Waals surface area contributed by atoms with Gasteiger partial charge in [-0.25, -0.2) is 5.43 Å². The summed E-state index contributed by atoms with van der Waals surface area (Å²) in [4.78, 5) is 12.0. The van der Waals surface area contributed by atoms with Gasteiger partial charge in [-0.3, -0.25) is 14.4 Å². The molecule has 1 fully saturated rings. The van der Waals surface area contributed by atoms with Crippen LogP contribution in [0.5, 0.6) is 5.75 Å². The number of methoxy groups -OCH3 is 1. The summed E-state index contributed by atoms with van der Waals surface area (Å²) < 4.78 is 17.5. The van der Waals surface area contributed by atoms with Crippen molar-refractivity contribution in [2.45, 2.75) is 31.2 Å². The maximum atomic E-state index is 12.3. The Morgan fingerprint density at radius 3 is 2.92 bits per heavy atom. The number of benzene rings is 1. The van der Waals surface area contributed by atoms with Crippen molar-refractivity contribution in [2.24, 2.45) is 5.92 Å². The second kappa shape index (κ2) is 8.13. The zero-order valence-corrected chi connectivity index (χ0v) is 14.9. The smallest absolute Gasteiger partial charge is 0.234 e. The first kappa shape index (κ1) is 18.2. The molecule has 2 N–H and O–H groups in total. The van der Waals surface area contributed by atoms with Gasteiger partial charge in [-0.2, -0.15) is 0 Å². The van der Waals surface area contributed by atoms with Gasteiger partial charge in [-0.05, 0) is 30.5 Å². The van der Waals surface area contributed by atoms with Gasteiger partial charge in [0.1, 0.15) is 5.75 Å².